The van der Waals surface area contributed by atoms with Crippen molar-refractivity contribution in [2.75, 3.05) is 4.90 Å². The van der Waals surface area contributed by atoms with Crippen molar-refractivity contribution < 1.29 is 14.0 Å². The third kappa shape index (κ3) is 2.65. The van der Waals surface area contributed by atoms with Gasteiger partial charge in [-0.15, -0.1) is 0 Å². The molecule has 1 fully saturated rings. The number of hydrogen-bond donors (Lipinski definition) is 0. The average molecular weight is 315 g/mol. The molecular formula is C17H18FN3O2. The lowest BCUT2D eigenvalue weighted by Gasteiger charge is -2.26. The number of halogens is 1. The summed E-state index contributed by atoms with van der Waals surface area (Å²) >= 11 is 0. The van der Waals surface area contributed by atoms with Crippen molar-refractivity contribution >= 4 is 17.6 Å². The Balaban J connectivity index is 2.01. The molecule has 1 aliphatic heterocycles. The van der Waals surface area contributed by atoms with E-state index in [1.165, 1.54) is 17.2 Å². The van der Waals surface area contributed by atoms with Gasteiger partial charge in [-0.3, -0.25) is 9.69 Å². The Morgan fingerprint density at radius 2 is 2.04 bits per heavy atom. The molecule has 0 N–H and O–H groups in total. The number of carbonyl (C=O) groups excluding carboxylic acids is 2. The number of urea groups is 1. The van der Waals surface area contributed by atoms with Gasteiger partial charge in [0.05, 0.1) is 11.9 Å². The quantitative estimate of drug-likeness (QED) is 0.635. The van der Waals surface area contributed by atoms with Crippen LogP contribution in [-0.2, 0) is 4.79 Å². The lowest BCUT2D eigenvalue weighted by molar-refractivity contribution is -0.120. The molecular weight excluding hydrogens is 297 g/mol. The lowest BCUT2D eigenvalue weighted by atomic mass is 10.0. The molecule has 1 aromatic rings. The highest BCUT2D eigenvalue weighted by Gasteiger charge is 2.48. The van der Waals surface area contributed by atoms with Crippen LogP contribution in [0.2, 0.25) is 0 Å². The normalized spacial score (nSPS) is 21.4. The first-order chi connectivity index (χ1) is 11.0. The Morgan fingerprint density at radius 3 is 2.61 bits per heavy atom. The van der Waals surface area contributed by atoms with Crippen LogP contribution in [0, 0.1) is 11.9 Å². The van der Waals surface area contributed by atoms with Crippen LogP contribution in [0.5, 0.6) is 0 Å². The van der Waals surface area contributed by atoms with Crippen molar-refractivity contribution in [1.82, 2.24) is 9.88 Å². The van der Waals surface area contributed by atoms with Gasteiger partial charge in [-0.25, -0.2) is 14.7 Å². The molecule has 6 heteroatoms. The third-order valence-corrected chi connectivity index (χ3v) is 4.00. The molecule has 3 amide bonds. The summed E-state index contributed by atoms with van der Waals surface area (Å²) in [5.74, 6) is -0.998. The lowest BCUT2D eigenvalue weighted by Crippen LogP contribution is -2.38. The van der Waals surface area contributed by atoms with Gasteiger partial charge in [-0.2, -0.15) is 4.39 Å². The third-order valence-electron chi connectivity index (χ3n) is 4.00. The van der Waals surface area contributed by atoms with Gasteiger partial charge >= 0.3 is 6.03 Å². The largest absolute Gasteiger partial charge is 0.336 e. The van der Waals surface area contributed by atoms with Crippen LogP contribution in [0.25, 0.3) is 0 Å². The maximum absolute atomic E-state index is 13.0. The number of allylic oxidation sites excluding steroid dienone is 3. The van der Waals surface area contributed by atoms with Gasteiger partial charge in [0.15, 0.2) is 0 Å². The van der Waals surface area contributed by atoms with Gasteiger partial charge in [-0.1, -0.05) is 26.0 Å². The van der Waals surface area contributed by atoms with Crippen LogP contribution in [0.1, 0.15) is 26.7 Å². The van der Waals surface area contributed by atoms with Crippen LogP contribution < -0.4 is 4.90 Å². The Hall–Kier alpha value is -2.50. The summed E-state index contributed by atoms with van der Waals surface area (Å²) in [6.45, 7) is 3.81. The molecule has 1 unspecified atom stereocenters. The van der Waals surface area contributed by atoms with Gasteiger partial charge in [0.2, 0.25) is 5.95 Å². The number of rotatable bonds is 3. The minimum Gasteiger partial charge on any atom is -0.281 e. The molecule has 3 rings (SSSR count). The molecule has 2 aliphatic rings. The van der Waals surface area contributed by atoms with E-state index in [4.69, 9.17) is 0 Å². The summed E-state index contributed by atoms with van der Waals surface area (Å²) in [6, 6.07) is 1.55. The molecule has 23 heavy (non-hydrogen) atoms. The van der Waals surface area contributed by atoms with Crippen LogP contribution in [0.3, 0.4) is 0 Å². The van der Waals surface area contributed by atoms with Gasteiger partial charge in [-0.05, 0) is 37.0 Å². The fourth-order valence-electron chi connectivity index (χ4n) is 2.93. The number of carbonyl (C=O) groups is 2. The zero-order valence-electron chi connectivity index (χ0n) is 13.1. The highest BCUT2D eigenvalue weighted by molar-refractivity contribution is 6.22. The summed E-state index contributed by atoms with van der Waals surface area (Å²) in [5.41, 5.74) is 1.03. The molecule has 2 heterocycles. The smallest absolute Gasteiger partial charge is 0.281 e. The first kappa shape index (κ1) is 15.4. The topological polar surface area (TPSA) is 53.5 Å². The van der Waals surface area contributed by atoms with E-state index in [0.29, 0.717) is 0 Å². The fraction of sp³-hybridized carbons (Fsp3) is 0.353. The fourth-order valence-corrected chi connectivity index (χ4v) is 2.93. The van der Waals surface area contributed by atoms with E-state index >= 15 is 0 Å². The van der Waals surface area contributed by atoms with Crippen molar-refractivity contribution in [1.29, 1.82) is 0 Å². The Kier molecular flexibility index (Phi) is 3.98. The number of amides is 3. The zero-order valence-corrected chi connectivity index (χ0v) is 13.1. The van der Waals surface area contributed by atoms with Crippen molar-refractivity contribution in [3.05, 3.63) is 48.2 Å². The van der Waals surface area contributed by atoms with Gasteiger partial charge in [0.1, 0.15) is 6.04 Å². The van der Waals surface area contributed by atoms with Gasteiger partial charge < -0.3 is 0 Å². The summed E-state index contributed by atoms with van der Waals surface area (Å²) < 4.78 is 13.0. The van der Waals surface area contributed by atoms with Crippen molar-refractivity contribution in [2.45, 2.75) is 32.7 Å². The van der Waals surface area contributed by atoms with Crippen LogP contribution >= 0.6 is 0 Å². The minimum absolute atomic E-state index is 0.0407. The standard InChI is InChI=1S/C17H18FN3O2/c1-11(2)15-16(22)21(13-8-9-14(18)19-10-13)17(23)20(15)12-6-4-3-5-7-12/h4,6-11,15H,3,5H2,1-2H3. The molecule has 1 aromatic heterocycles. The Labute approximate surface area is 134 Å². The van der Waals surface area contributed by atoms with E-state index in [1.54, 1.807) is 0 Å². The molecule has 1 saturated heterocycles. The van der Waals surface area contributed by atoms with E-state index < -0.39 is 18.0 Å². The molecule has 120 valence electrons. The Morgan fingerprint density at radius 1 is 1.26 bits per heavy atom. The maximum Gasteiger partial charge on any atom is 0.336 e. The monoisotopic (exact) mass is 315 g/mol. The first-order valence-electron chi connectivity index (χ1n) is 7.66. The Bertz CT molecular complexity index is 694. The predicted octanol–water partition coefficient (Wildman–Crippen LogP) is 3.25. The van der Waals surface area contributed by atoms with E-state index in [2.05, 4.69) is 4.98 Å². The SMILES string of the molecule is CC(C)C1C(=O)N(c2ccc(F)nc2)C(=O)N1C1=CCCC=C1. The van der Waals surface area contributed by atoms with Gasteiger partial charge in [0, 0.05) is 5.70 Å². The second-order valence-corrected chi connectivity index (χ2v) is 5.96. The average Bonchev–Trinajstić information content (AvgIpc) is 2.80. The highest BCUT2D eigenvalue weighted by atomic mass is 19.1. The molecule has 0 spiro atoms. The van der Waals surface area contributed by atoms with E-state index in [1.807, 2.05) is 32.1 Å². The van der Waals surface area contributed by atoms with E-state index in [0.717, 1.165) is 29.5 Å². The van der Waals surface area contributed by atoms with Crippen molar-refractivity contribution in [3.63, 3.8) is 0 Å². The van der Waals surface area contributed by atoms with Crippen LogP contribution in [0.4, 0.5) is 14.9 Å². The molecule has 5 nitrogen and oxygen atoms in total. The summed E-state index contributed by atoms with van der Waals surface area (Å²) in [7, 11) is 0. The van der Waals surface area contributed by atoms with Crippen LogP contribution in [0.15, 0.2) is 42.3 Å². The molecule has 0 bridgehead atoms. The first-order valence-corrected chi connectivity index (χ1v) is 7.66. The highest BCUT2D eigenvalue weighted by Crippen LogP contribution is 2.32. The van der Waals surface area contributed by atoms with Gasteiger partial charge in [0.25, 0.3) is 5.91 Å². The molecule has 0 saturated carbocycles. The molecule has 0 aromatic carbocycles. The second kappa shape index (κ2) is 5.95. The van der Waals surface area contributed by atoms with Crippen molar-refractivity contribution in [3.8, 4) is 0 Å². The minimum atomic E-state index is -0.650. The molecule has 0 radical (unpaired) electrons. The summed E-state index contributed by atoms with van der Waals surface area (Å²) in [5, 5.41) is 0. The summed E-state index contributed by atoms with van der Waals surface area (Å²) in [4.78, 5) is 31.8. The zero-order chi connectivity index (χ0) is 16.6. The number of nitrogens with zero attached hydrogens (tertiary/aromatic N) is 3. The van der Waals surface area contributed by atoms with Crippen LogP contribution in [-0.4, -0.2) is 27.9 Å². The maximum atomic E-state index is 13.0. The number of imide groups is 1. The number of pyridine rings is 1. The molecule has 1 aliphatic carbocycles. The second-order valence-electron chi connectivity index (χ2n) is 5.96. The predicted molar refractivity (Wildman–Crippen MR) is 84.0 cm³/mol. The molecule has 1 atom stereocenters. The van der Waals surface area contributed by atoms with Crippen molar-refractivity contribution in [2.24, 2.45) is 5.92 Å². The van der Waals surface area contributed by atoms with E-state index in [9.17, 15) is 14.0 Å². The number of anilines is 1. The van der Waals surface area contributed by atoms with E-state index in [-0.39, 0.29) is 17.5 Å². The number of aromatic nitrogens is 1. The summed E-state index contributed by atoms with van der Waals surface area (Å²) in [6.07, 6.45) is 8.80. The number of hydrogen-bond acceptors (Lipinski definition) is 3.